The molecule has 2 rings (SSSR count). The Morgan fingerprint density at radius 3 is 1.96 bits per heavy atom. The molecule has 3 N–H and O–H groups in total. The van der Waals surface area contributed by atoms with E-state index in [0.717, 1.165) is 0 Å². The maximum absolute atomic E-state index is 12.7. The maximum Gasteiger partial charge on any atom is 0.241 e. The fourth-order valence-corrected chi connectivity index (χ4v) is 4.34. The molecule has 0 radical (unpaired) electrons. The highest BCUT2D eigenvalue weighted by Crippen LogP contribution is 2.21. The molecule has 2 aromatic rings. The van der Waals surface area contributed by atoms with Gasteiger partial charge in [-0.3, -0.25) is 4.79 Å². The van der Waals surface area contributed by atoms with Gasteiger partial charge in [0.25, 0.3) is 0 Å². The van der Waals surface area contributed by atoms with Gasteiger partial charge < -0.3 is 4.90 Å². The normalized spacial score (nSPS) is 14.3. The van der Waals surface area contributed by atoms with Crippen LogP contribution >= 0.6 is 0 Å². The minimum absolute atomic E-state index is 0.0265. The number of hydrogen-bond donors (Lipinski definition) is 2. The first-order chi connectivity index (χ1) is 12.9. The summed E-state index contributed by atoms with van der Waals surface area (Å²) in [5.74, 6) is -0.428. The molecule has 0 spiro atoms. The Kier molecular flexibility index (Phi) is 6.60. The summed E-state index contributed by atoms with van der Waals surface area (Å²) in [5.41, 5.74) is 0.682. The molecule has 0 heterocycles. The van der Waals surface area contributed by atoms with Crippen LogP contribution in [0.25, 0.3) is 0 Å². The second kappa shape index (κ2) is 8.39. The van der Waals surface area contributed by atoms with Crippen LogP contribution in [0.5, 0.6) is 0 Å². The standard InChI is InChI=1S/C18H23N3O5S2/c1-13(20-28(25,26)17-7-5-4-6-8-17)18(22)21(3)14(2)15-9-11-16(12-10-15)27(19,23)24/h4-14,20H,1-3H3,(H2,19,23,24)/t13-,14?/m0/s1. The predicted octanol–water partition coefficient (Wildman–Crippen LogP) is 1.22. The molecule has 152 valence electrons. The van der Waals surface area contributed by atoms with Crippen molar-refractivity contribution < 1.29 is 21.6 Å². The molecule has 2 aromatic carbocycles. The van der Waals surface area contributed by atoms with Gasteiger partial charge in [-0.05, 0) is 43.7 Å². The number of benzene rings is 2. The molecule has 10 heteroatoms. The van der Waals surface area contributed by atoms with Gasteiger partial charge in [-0.25, -0.2) is 22.0 Å². The quantitative estimate of drug-likeness (QED) is 0.690. The zero-order valence-corrected chi connectivity index (χ0v) is 17.4. The van der Waals surface area contributed by atoms with E-state index >= 15 is 0 Å². The first-order valence-electron chi connectivity index (χ1n) is 8.40. The van der Waals surface area contributed by atoms with Crippen molar-refractivity contribution >= 4 is 26.0 Å². The van der Waals surface area contributed by atoms with Crippen molar-refractivity contribution in [1.29, 1.82) is 0 Å². The van der Waals surface area contributed by atoms with Gasteiger partial charge in [-0.2, -0.15) is 4.72 Å². The molecule has 0 saturated heterocycles. The number of likely N-dealkylation sites (N-methyl/N-ethyl adjacent to an activating group) is 1. The summed E-state index contributed by atoms with van der Waals surface area (Å²) in [6.07, 6.45) is 0. The van der Waals surface area contributed by atoms with E-state index in [1.165, 1.54) is 36.1 Å². The lowest BCUT2D eigenvalue weighted by Crippen LogP contribution is -2.46. The summed E-state index contributed by atoms with van der Waals surface area (Å²) in [6.45, 7) is 3.22. The molecular weight excluding hydrogens is 402 g/mol. The lowest BCUT2D eigenvalue weighted by molar-refractivity contribution is -0.133. The molecular formula is C18H23N3O5S2. The maximum atomic E-state index is 12.7. The van der Waals surface area contributed by atoms with Gasteiger partial charge in [0.15, 0.2) is 0 Å². The minimum atomic E-state index is -3.83. The zero-order valence-electron chi connectivity index (χ0n) is 15.7. The molecule has 0 saturated carbocycles. The molecule has 0 aliphatic rings. The Bertz CT molecular complexity index is 1040. The topological polar surface area (TPSA) is 127 Å². The molecule has 0 bridgehead atoms. The van der Waals surface area contributed by atoms with Crippen molar-refractivity contribution in [1.82, 2.24) is 9.62 Å². The fourth-order valence-electron chi connectivity index (χ4n) is 2.61. The number of nitrogens with one attached hydrogen (secondary N) is 1. The molecule has 1 unspecified atom stereocenters. The van der Waals surface area contributed by atoms with Crippen molar-refractivity contribution in [3.05, 3.63) is 60.2 Å². The third kappa shape index (κ3) is 5.16. The van der Waals surface area contributed by atoms with E-state index in [0.29, 0.717) is 5.56 Å². The van der Waals surface area contributed by atoms with Crippen LogP contribution < -0.4 is 9.86 Å². The second-order valence-corrected chi connectivity index (χ2v) is 9.67. The van der Waals surface area contributed by atoms with E-state index in [2.05, 4.69) is 4.72 Å². The van der Waals surface area contributed by atoms with Gasteiger partial charge in [-0.1, -0.05) is 30.3 Å². The number of nitrogens with zero attached hydrogens (tertiary/aromatic N) is 1. The Morgan fingerprint density at radius 2 is 1.46 bits per heavy atom. The van der Waals surface area contributed by atoms with Gasteiger partial charge in [0.2, 0.25) is 26.0 Å². The SMILES string of the molecule is CC(c1ccc(S(N)(=O)=O)cc1)N(C)C(=O)[C@H](C)NS(=O)(=O)c1ccccc1. The lowest BCUT2D eigenvalue weighted by Gasteiger charge is -2.28. The number of nitrogens with two attached hydrogens (primary N) is 1. The van der Waals surface area contributed by atoms with Gasteiger partial charge in [-0.15, -0.1) is 0 Å². The van der Waals surface area contributed by atoms with Crippen LogP contribution in [-0.2, 0) is 24.8 Å². The van der Waals surface area contributed by atoms with Crippen molar-refractivity contribution in [3.8, 4) is 0 Å². The monoisotopic (exact) mass is 425 g/mol. The molecule has 2 atom stereocenters. The molecule has 8 nitrogen and oxygen atoms in total. The van der Waals surface area contributed by atoms with Crippen molar-refractivity contribution in [2.24, 2.45) is 5.14 Å². The van der Waals surface area contributed by atoms with Gasteiger partial charge >= 0.3 is 0 Å². The van der Waals surface area contributed by atoms with Crippen LogP contribution in [0.2, 0.25) is 0 Å². The second-order valence-electron chi connectivity index (χ2n) is 6.40. The first-order valence-corrected chi connectivity index (χ1v) is 11.4. The number of carbonyl (C=O) groups is 1. The Hall–Kier alpha value is -2.27. The van der Waals surface area contributed by atoms with E-state index in [1.54, 1.807) is 44.3 Å². The molecule has 1 amide bonds. The van der Waals surface area contributed by atoms with E-state index in [4.69, 9.17) is 5.14 Å². The van der Waals surface area contributed by atoms with E-state index in [9.17, 15) is 21.6 Å². The fraction of sp³-hybridized carbons (Fsp3) is 0.278. The summed E-state index contributed by atoms with van der Waals surface area (Å²) >= 11 is 0. The summed E-state index contributed by atoms with van der Waals surface area (Å²) in [4.78, 5) is 14.1. The zero-order chi connectivity index (χ0) is 21.1. The lowest BCUT2D eigenvalue weighted by atomic mass is 10.1. The number of primary sulfonamides is 1. The van der Waals surface area contributed by atoms with Crippen LogP contribution in [0.1, 0.15) is 25.5 Å². The number of amides is 1. The first kappa shape index (κ1) is 22.0. The van der Waals surface area contributed by atoms with Crippen LogP contribution in [0, 0.1) is 0 Å². The number of rotatable bonds is 7. The smallest absolute Gasteiger partial charge is 0.241 e. The van der Waals surface area contributed by atoms with Crippen LogP contribution in [0.15, 0.2) is 64.4 Å². The minimum Gasteiger partial charge on any atom is -0.338 e. The van der Waals surface area contributed by atoms with E-state index < -0.39 is 38.0 Å². The summed E-state index contributed by atoms with van der Waals surface area (Å²) in [6, 6.07) is 12.2. The molecule has 0 aromatic heterocycles. The van der Waals surface area contributed by atoms with Crippen LogP contribution in [-0.4, -0.2) is 40.7 Å². The van der Waals surface area contributed by atoms with Crippen molar-refractivity contribution in [3.63, 3.8) is 0 Å². The number of hydrogen-bond acceptors (Lipinski definition) is 5. The van der Waals surface area contributed by atoms with E-state index in [-0.39, 0.29) is 9.79 Å². The van der Waals surface area contributed by atoms with Crippen molar-refractivity contribution in [2.75, 3.05) is 7.05 Å². The average Bonchev–Trinajstić information content (AvgIpc) is 2.66. The highest BCUT2D eigenvalue weighted by Gasteiger charge is 2.27. The van der Waals surface area contributed by atoms with Crippen LogP contribution in [0.4, 0.5) is 0 Å². The average molecular weight is 426 g/mol. The Balaban J connectivity index is 2.12. The predicted molar refractivity (Wildman–Crippen MR) is 105 cm³/mol. The van der Waals surface area contributed by atoms with Crippen molar-refractivity contribution in [2.45, 2.75) is 35.7 Å². The third-order valence-electron chi connectivity index (χ3n) is 4.38. The molecule has 0 aliphatic heterocycles. The van der Waals surface area contributed by atoms with Gasteiger partial charge in [0.05, 0.1) is 21.9 Å². The number of sulfonamides is 2. The largest absolute Gasteiger partial charge is 0.338 e. The Labute approximate surface area is 165 Å². The van der Waals surface area contributed by atoms with E-state index in [1.807, 2.05) is 0 Å². The highest BCUT2D eigenvalue weighted by atomic mass is 32.2. The van der Waals surface area contributed by atoms with Crippen LogP contribution in [0.3, 0.4) is 0 Å². The Morgan fingerprint density at radius 1 is 0.929 bits per heavy atom. The molecule has 0 fully saturated rings. The third-order valence-corrected chi connectivity index (χ3v) is 6.86. The summed E-state index contributed by atoms with van der Waals surface area (Å²) < 4.78 is 49.8. The number of carbonyl (C=O) groups excluding carboxylic acids is 1. The summed E-state index contributed by atoms with van der Waals surface area (Å²) in [5, 5.41) is 5.08. The highest BCUT2D eigenvalue weighted by molar-refractivity contribution is 7.89. The molecule has 28 heavy (non-hydrogen) atoms. The summed E-state index contributed by atoms with van der Waals surface area (Å²) in [7, 11) is -6.08. The van der Waals surface area contributed by atoms with Gasteiger partial charge in [0, 0.05) is 7.05 Å². The van der Waals surface area contributed by atoms with Gasteiger partial charge in [0.1, 0.15) is 0 Å². The molecule has 0 aliphatic carbocycles.